The van der Waals surface area contributed by atoms with Crippen LogP contribution in [-0.4, -0.2) is 46.8 Å². The highest BCUT2D eigenvalue weighted by Crippen LogP contribution is 2.09. The second kappa shape index (κ2) is 12.8. The van der Waals surface area contributed by atoms with Gasteiger partial charge in [0.15, 0.2) is 0 Å². The van der Waals surface area contributed by atoms with Crippen LogP contribution in [0.1, 0.15) is 58.4 Å². The van der Waals surface area contributed by atoms with Gasteiger partial charge < -0.3 is 15.2 Å². The number of nitrogens with one attached hydrogen (secondary N) is 1. The molecule has 0 aliphatic heterocycles. The van der Waals surface area contributed by atoms with Crippen molar-refractivity contribution in [2.45, 2.75) is 65.1 Å². The molecule has 0 saturated heterocycles. The Labute approximate surface area is 172 Å². The number of carbonyl (C=O) groups excluding carboxylic acids is 2. The summed E-state index contributed by atoms with van der Waals surface area (Å²) in [4.78, 5) is 40.2. The molecule has 0 bridgehead atoms. The minimum absolute atomic E-state index is 0.107. The summed E-state index contributed by atoms with van der Waals surface area (Å²) in [5.74, 6) is -1.37. The first kappa shape index (κ1) is 24.4. The van der Waals surface area contributed by atoms with Crippen molar-refractivity contribution in [3.63, 3.8) is 0 Å². The molecule has 29 heavy (non-hydrogen) atoms. The van der Waals surface area contributed by atoms with Crippen LogP contribution in [0.2, 0.25) is 0 Å². The summed E-state index contributed by atoms with van der Waals surface area (Å²) in [6.45, 7) is 6.48. The molecule has 0 unspecified atom stereocenters. The highest BCUT2D eigenvalue weighted by Gasteiger charge is 2.17. The summed E-state index contributed by atoms with van der Waals surface area (Å²) in [6.07, 6.45) is 1.38. The van der Waals surface area contributed by atoms with E-state index < -0.39 is 17.7 Å². The molecule has 0 aliphatic rings. The van der Waals surface area contributed by atoms with Crippen molar-refractivity contribution in [1.29, 1.82) is 0 Å². The molecule has 0 aliphatic carbocycles. The number of carboxylic acid groups (broad SMARTS) is 1. The molecule has 162 valence electrons. The summed E-state index contributed by atoms with van der Waals surface area (Å²) >= 11 is 0. The molecular formula is C21H32N2O6. The van der Waals surface area contributed by atoms with E-state index in [9.17, 15) is 14.4 Å². The molecule has 2 amide bonds. The van der Waals surface area contributed by atoms with Crippen LogP contribution in [0.25, 0.3) is 0 Å². The van der Waals surface area contributed by atoms with E-state index in [1.165, 1.54) is 5.06 Å². The average Bonchev–Trinajstić information content (AvgIpc) is 2.64. The summed E-state index contributed by atoms with van der Waals surface area (Å²) in [7, 11) is 0. The van der Waals surface area contributed by atoms with E-state index in [2.05, 4.69) is 5.32 Å². The topological polar surface area (TPSA) is 105 Å². The lowest BCUT2D eigenvalue weighted by Crippen LogP contribution is -2.33. The molecule has 1 aromatic rings. The van der Waals surface area contributed by atoms with Crippen LogP contribution in [0.4, 0.5) is 4.79 Å². The van der Waals surface area contributed by atoms with Crippen LogP contribution in [0.3, 0.4) is 0 Å². The Morgan fingerprint density at radius 2 is 1.72 bits per heavy atom. The number of nitrogens with zero attached hydrogens (tertiary/aromatic N) is 1. The van der Waals surface area contributed by atoms with E-state index in [1.807, 2.05) is 30.3 Å². The van der Waals surface area contributed by atoms with Gasteiger partial charge in [0, 0.05) is 19.5 Å². The number of alkyl carbamates (subject to hydrolysis) is 1. The maximum atomic E-state index is 12.3. The molecule has 0 saturated carbocycles. The van der Waals surface area contributed by atoms with Gasteiger partial charge in [0.05, 0.1) is 6.42 Å². The summed E-state index contributed by atoms with van der Waals surface area (Å²) in [5.41, 5.74) is 0.391. The monoisotopic (exact) mass is 408 g/mol. The smallest absolute Gasteiger partial charge is 0.407 e. The maximum absolute atomic E-state index is 12.3. The van der Waals surface area contributed by atoms with Gasteiger partial charge in [0.1, 0.15) is 12.2 Å². The molecule has 0 atom stereocenters. The predicted molar refractivity (Wildman–Crippen MR) is 108 cm³/mol. The number of carbonyl (C=O) groups is 3. The number of unbranched alkanes of at least 4 members (excludes halogenated alkanes) is 2. The van der Waals surface area contributed by atoms with Crippen LogP contribution in [0.5, 0.6) is 0 Å². The first-order valence-electron chi connectivity index (χ1n) is 9.83. The Kier molecular flexibility index (Phi) is 10.8. The largest absolute Gasteiger partial charge is 0.481 e. The normalized spacial score (nSPS) is 11.0. The van der Waals surface area contributed by atoms with Gasteiger partial charge in [-0.2, -0.15) is 0 Å². The number of hydrogen-bond donors (Lipinski definition) is 2. The SMILES string of the molecule is CC(C)(C)OC(=O)NCCCCCN(OCc1ccccc1)C(=O)CCC(=O)O. The fourth-order valence-electron chi connectivity index (χ4n) is 2.39. The molecule has 8 heteroatoms. The second-order valence-corrected chi connectivity index (χ2v) is 7.64. The van der Waals surface area contributed by atoms with Crippen LogP contribution >= 0.6 is 0 Å². The Morgan fingerprint density at radius 3 is 2.34 bits per heavy atom. The molecular weight excluding hydrogens is 376 g/mol. The van der Waals surface area contributed by atoms with Crippen molar-refractivity contribution in [2.75, 3.05) is 13.1 Å². The molecule has 1 aromatic carbocycles. The summed E-state index contributed by atoms with van der Waals surface area (Å²) < 4.78 is 5.16. The van der Waals surface area contributed by atoms with Gasteiger partial charge in [-0.05, 0) is 45.6 Å². The average molecular weight is 408 g/mol. The van der Waals surface area contributed by atoms with Gasteiger partial charge in [-0.15, -0.1) is 0 Å². The molecule has 0 fully saturated rings. The number of benzene rings is 1. The number of aliphatic carboxylic acids is 1. The Bertz CT molecular complexity index is 642. The molecule has 8 nitrogen and oxygen atoms in total. The molecule has 0 aromatic heterocycles. The zero-order valence-corrected chi connectivity index (χ0v) is 17.5. The Hall–Kier alpha value is -2.61. The Morgan fingerprint density at radius 1 is 1.03 bits per heavy atom. The lowest BCUT2D eigenvalue weighted by atomic mass is 10.2. The van der Waals surface area contributed by atoms with Gasteiger partial charge in [-0.25, -0.2) is 9.86 Å². The summed E-state index contributed by atoms with van der Waals surface area (Å²) in [6, 6.07) is 9.44. The van der Waals surface area contributed by atoms with Crippen LogP contribution < -0.4 is 5.32 Å². The van der Waals surface area contributed by atoms with E-state index in [0.717, 1.165) is 18.4 Å². The van der Waals surface area contributed by atoms with Crippen molar-refractivity contribution in [3.8, 4) is 0 Å². The van der Waals surface area contributed by atoms with Crippen molar-refractivity contribution in [1.82, 2.24) is 10.4 Å². The number of amides is 2. The van der Waals surface area contributed by atoms with Crippen molar-refractivity contribution in [3.05, 3.63) is 35.9 Å². The fourth-order valence-corrected chi connectivity index (χ4v) is 2.39. The van der Waals surface area contributed by atoms with Gasteiger partial charge >= 0.3 is 12.1 Å². The summed E-state index contributed by atoms with van der Waals surface area (Å²) in [5, 5.41) is 12.7. The zero-order valence-electron chi connectivity index (χ0n) is 17.5. The molecule has 2 N–H and O–H groups in total. The highest BCUT2D eigenvalue weighted by atomic mass is 16.7. The van der Waals surface area contributed by atoms with Crippen LogP contribution in [0, 0.1) is 0 Å². The van der Waals surface area contributed by atoms with Gasteiger partial charge in [0.25, 0.3) is 0 Å². The highest BCUT2D eigenvalue weighted by molar-refractivity contribution is 5.79. The zero-order chi connectivity index (χ0) is 21.7. The van der Waals surface area contributed by atoms with E-state index in [-0.39, 0.29) is 25.4 Å². The Balaban J connectivity index is 2.37. The predicted octanol–water partition coefficient (Wildman–Crippen LogP) is 3.51. The van der Waals surface area contributed by atoms with Crippen molar-refractivity contribution >= 4 is 18.0 Å². The van der Waals surface area contributed by atoms with Gasteiger partial charge in [0.2, 0.25) is 5.91 Å². The van der Waals surface area contributed by atoms with Gasteiger partial charge in [-0.3, -0.25) is 14.4 Å². The number of carboxylic acids is 1. The lowest BCUT2D eigenvalue weighted by molar-refractivity contribution is -0.192. The molecule has 0 heterocycles. The minimum Gasteiger partial charge on any atom is -0.481 e. The first-order chi connectivity index (χ1) is 13.7. The lowest BCUT2D eigenvalue weighted by Gasteiger charge is -2.22. The van der Waals surface area contributed by atoms with E-state index in [0.29, 0.717) is 19.5 Å². The standard InChI is InChI=1S/C21H32N2O6/c1-21(2,3)29-20(27)22-14-8-5-9-15-23(18(24)12-13-19(25)26)28-16-17-10-6-4-7-11-17/h4,6-7,10-11H,5,8-9,12-16H2,1-3H3,(H,22,27)(H,25,26). The third kappa shape index (κ3) is 12.5. The molecule has 1 rings (SSSR count). The van der Waals surface area contributed by atoms with Crippen molar-refractivity contribution in [2.24, 2.45) is 0 Å². The maximum Gasteiger partial charge on any atom is 0.407 e. The quantitative estimate of drug-likeness (QED) is 0.405. The number of rotatable bonds is 12. The first-order valence-corrected chi connectivity index (χ1v) is 9.83. The number of hydrogen-bond acceptors (Lipinski definition) is 5. The van der Waals surface area contributed by atoms with E-state index in [1.54, 1.807) is 20.8 Å². The van der Waals surface area contributed by atoms with E-state index >= 15 is 0 Å². The number of ether oxygens (including phenoxy) is 1. The van der Waals surface area contributed by atoms with Crippen LogP contribution in [0.15, 0.2) is 30.3 Å². The third-order valence-corrected chi connectivity index (χ3v) is 3.77. The van der Waals surface area contributed by atoms with Crippen LogP contribution in [-0.2, 0) is 25.8 Å². The molecule has 0 radical (unpaired) electrons. The van der Waals surface area contributed by atoms with E-state index in [4.69, 9.17) is 14.7 Å². The second-order valence-electron chi connectivity index (χ2n) is 7.64. The number of hydroxylamine groups is 2. The third-order valence-electron chi connectivity index (χ3n) is 3.77. The fraction of sp³-hybridized carbons (Fsp3) is 0.571. The van der Waals surface area contributed by atoms with Gasteiger partial charge in [-0.1, -0.05) is 30.3 Å². The minimum atomic E-state index is -1.02. The van der Waals surface area contributed by atoms with Crippen molar-refractivity contribution < 1.29 is 29.1 Å². The molecule has 0 spiro atoms.